The number of benzene rings is 1. The summed E-state index contributed by atoms with van der Waals surface area (Å²) in [4.78, 5) is 19.3. The van der Waals surface area contributed by atoms with Crippen molar-refractivity contribution in [3.63, 3.8) is 0 Å². The zero-order chi connectivity index (χ0) is 24.6. The number of carbonyl (C=O) groups excluding carboxylic acids is 1. The fourth-order valence-electron chi connectivity index (χ4n) is 4.21. The molecule has 0 spiro atoms. The van der Waals surface area contributed by atoms with Gasteiger partial charge in [0.25, 0.3) is 0 Å². The second-order valence-corrected chi connectivity index (χ2v) is 11.1. The van der Waals surface area contributed by atoms with E-state index in [2.05, 4.69) is 9.71 Å². The number of aryl methyl sites for hydroxylation is 1. The van der Waals surface area contributed by atoms with E-state index in [1.807, 2.05) is 19.1 Å². The van der Waals surface area contributed by atoms with Gasteiger partial charge in [-0.05, 0) is 49.4 Å². The summed E-state index contributed by atoms with van der Waals surface area (Å²) in [5.74, 6) is -3.74. The average Bonchev–Trinajstić information content (AvgIpc) is 3.61. The molecule has 1 aliphatic carbocycles. The lowest BCUT2D eigenvalue weighted by Gasteiger charge is -2.37. The van der Waals surface area contributed by atoms with Crippen molar-refractivity contribution in [3.05, 3.63) is 64.2 Å². The third-order valence-electron chi connectivity index (χ3n) is 6.23. The van der Waals surface area contributed by atoms with Crippen molar-refractivity contribution in [2.75, 3.05) is 6.54 Å². The first-order chi connectivity index (χ1) is 16.0. The van der Waals surface area contributed by atoms with Crippen LogP contribution in [-0.2, 0) is 34.2 Å². The maximum atomic E-state index is 14.0. The molecule has 34 heavy (non-hydrogen) atoms. The highest BCUT2D eigenvalue weighted by molar-refractivity contribution is 7.90. The van der Waals surface area contributed by atoms with Gasteiger partial charge >= 0.3 is 0 Å². The van der Waals surface area contributed by atoms with Crippen LogP contribution in [0.25, 0.3) is 0 Å². The smallest absolute Gasteiger partial charge is 0.224 e. The van der Waals surface area contributed by atoms with Crippen molar-refractivity contribution in [3.8, 4) is 0 Å². The number of hydrogen-bond acceptors (Lipinski definition) is 5. The lowest BCUT2D eigenvalue weighted by Crippen LogP contribution is -2.51. The molecule has 2 atom stereocenters. The second-order valence-electron chi connectivity index (χ2n) is 9.06. The van der Waals surface area contributed by atoms with Gasteiger partial charge in [-0.3, -0.25) is 9.78 Å². The summed E-state index contributed by atoms with van der Waals surface area (Å²) >= 11 is 0. The third-order valence-corrected chi connectivity index (χ3v) is 8.15. The van der Waals surface area contributed by atoms with Gasteiger partial charge in [-0.1, -0.05) is 6.07 Å². The number of amides is 1. The van der Waals surface area contributed by atoms with Crippen LogP contribution in [0.15, 0.2) is 24.3 Å². The number of rotatable bonds is 8. The molecule has 7 nitrogen and oxygen atoms in total. The van der Waals surface area contributed by atoms with Crippen LogP contribution in [0.4, 0.5) is 13.2 Å². The van der Waals surface area contributed by atoms with Gasteiger partial charge < -0.3 is 10.6 Å². The predicted molar refractivity (Wildman–Crippen MR) is 120 cm³/mol. The summed E-state index contributed by atoms with van der Waals surface area (Å²) in [6, 6.07) is 3.63. The fraction of sp³-hybridized carbons (Fsp3) is 0.478. The molecule has 1 saturated carbocycles. The molecule has 1 aliphatic heterocycles. The highest BCUT2D eigenvalue weighted by Crippen LogP contribution is 2.28. The third kappa shape index (κ3) is 5.59. The molecule has 1 amide bonds. The van der Waals surface area contributed by atoms with Crippen molar-refractivity contribution in [2.45, 2.75) is 62.9 Å². The number of aromatic nitrogens is 1. The van der Waals surface area contributed by atoms with Crippen molar-refractivity contribution in [1.82, 2.24) is 14.6 Å². The summed E-state index contributed by atoms with van der Waals surface area (Å²) < 4.78 is 68.0. The molecule has 11 heteroatoms. The normalized spacial score (nSPS) is 19.1. The number of fused-ring (bicyclic) bond motifs is 1. The predicted octanol–water partition coefficient (Wildman–Crippen LogP) is 2.10. The van der Waals surface area contributed by atoms with Gasteiger partial charge in [-0.15, -0.1) is 0 Å². The molecule has 0 unspecified atom stereocenters. The molecule has 1 aromatic heterocycles. The molecular weight excluding hydrogens is 469 g/mol. The highest BCUT2D eigenvalue weighted by atomic mass is 32.2. The molecule has 184 valence electrons. The zero-order valence-corrected chi connectivity index (χ0v) is 19.5. The quantitative estimate of drug-likeness (QED) is 0.545. The number of sulfonamides is 1. The van der Waals surface area contributed by atoms with Gasteiger partial charge in [0.2, 0.25) is 15.9 Å². The molecule has 0 saturated heterocycles. The van der Waals surface area contributed by atoms with E-state index in [1.165, 1.54) is 0 Å². The molecule has 0 radical (unpaired) electrons. The summed E-state index contributed by atoms with van der Waals surface area (Å²) in [5.41, 5.74) is 8.45. The van der Waals surface area contributed by atoms with E-state index >= 15 is 0 Å². The minimum absolute atomic E-state index is 0.0483. The Balaban J connectivity index is 1.48. The minimum atomic E-state index is -3.44. The molecule has 2 aromatic rings. The van der Waals surface area contributed by atoms with E-state index < -0.39 is 39.6 Å². The molecule has 1 aromatic carbocycles. The number of nitrogens with zero attached hydrogens (tertiary/aromatic N) is 2. The summed E-state index contributed by atoms with van der Waals surface area (Å²) in [7, 11) is -3.44. The van der Waals surface area contributed by atoms with Crippen LogP contribution >= 0.6 is 0 Å². The summed E-state index contributed by atoms with van der Waals surface area (Å²) in [6.45, 7) is 2.15. The standard InChI is InChI=1S/C23H27F3N4O3S/c1-13-2-3-14-12-30(17(9-22(14)29-13)11-28-34(32,33)18-4-5-18)23(31)8-16(27)6-15-7-20(25)21(26)10-19(15)24/h2-3,7,10,16-18,28H,4-6,8-9,11-12,27H2,1H3/t16-,17+/m1/s1. The van der Waals surface area contributed by atoms with E-state index in [0.717, 1.165) is 23.0 Å². The van der Waals surface area contributed by atoms with Gasteiger partial charge in [0.1, 0.15) is 5.82 Å². The van der Waals surface area contributed by atoms with Crippen LogP contribution in [-0.4, -0.2) is 48.1 Å². The van der Waals surface area contributed by atoms with Crippen LogP contribution in [0.3, 0.4) is 0 Å². The van der Waals surface area contributed by atoms with Gasteiger partial charge in [0, 0.05) is 49.4 Å². The topological polar surface area (TPSA) is 105 Å². The van der Waals surface area contributed by atoms with Crippen molar-refractivity contribution in [1.29, 1.82) is 0 Å². The number of nitrogens with one attached hydrogen (secondary N) is 1. The number of carbonyl (C=O) groups is 1. The average molecular weight is 497 g/mol. The minimum Gasteiger partial charge on any atom is -0.334 e. The number of hydrogen-bond donors (Lipinski definition) is 2. The van der Waals surface area contributed by atoms with Gasteiger partial charge in [-0.2, -0.15) is 0 Å². The Kier molecular flexibility index (Phi) is 6.97. The van der Waals surface area contributed by atoms with Crippen LogP contribution in [0.5, 0.6) is 0 Å². The highest BCUT2D eigenvalue weighted by Gasteiger charge is 2.37. The molecule has 2 aliphatic rings. The molecule has 4 rings (SSSR count). The molecular formula is C23H27F3N4O3S. The Morgan fingerprint density at radius 3 is 2.62 bits per heavy atom. The Hall–Kier alpha value is -2.50. The van der Waals surface area contributed by atoms with E-state index in [4.69, 9.17) is 5.73 Å². The molecule has 3 N–H and O–H groups in total. The first kappa shape index (κ1) is 24.6. The van der Waals surface area contributed by atoms with E-state index in [0.29, 0.717) is 25.3 Å². The van der Waals surface area contributed by atoms with E-state index in [1.54, 1.807) is 4.90 Å². The van der Waals surface area contributed by atoms with Crippen molar-refractivity contribution < 1.29 is 26.4 Å². The Bertz CT molecular complexity index is 1200. The first-order valence-corrected chi connectivity index (χ1v) is 12.7. The second kappa shape index (κ2) is 9.63. The SMILES string of the molecule is Cc1ccc2c(n1)C[C@@H](CNS(=O)(=O)C1CC1)N(C(=O)C[C@H](N)Cc1cc(F)c(F)cc1F)C2. The lowest BCUT2D eigenvalue weighted by atomic mass is 9.96. The van der Waals surface area contributed by atoms with Crippen LogP contribution in [0.2, 0.25) is 0 Å². The fourth-order valence-corrected chi connectivity index (χ4v) is 5.62. The maximum absolute atomic E-state index is 14.0. The van der Waals surface area contributed by atoms with Crippen molar-refractivity contribution in [2.24, 2.45) is 5.73 Å². The zero-order valence-electron chi connectivity index (χ0n) is 18.7. The van der Waals surface area contributed by atoms with Gasteiger partial charge in [-0.25, -0.2) is 26.3 Å². The van der Waals surface area contributed by atoms with E-state index in [-0.39, 0.29) is 42.7 Å². The molecule has 0 bridgehead atoms. The number of halogens is 3. The Morgan fingerprint density at radius 1 is 1.21 bits per heavy atom. The lowest BCUT2D eigenvalue weighted by molar-refractivity contribution is -0.135. The van der Waals surface area contributed by atoms with Crippen molar-refractivity contribution >= 4 is 15.9 Å². The van der Waals surface area contributed by atoms with E-state index in [9.17, 15) is 26.4 Å². The van der Waals surface area contributed by atoms with Gasteiger partial charge in [0.05, 0.1) is 11.3 Å². The van der Waals surface area contributed by atoms with Crippen LogP contribution < -0.4 is 10.5 Å². The number of pyridine rings is 1. The number of nitrogens with two attached hydrogens (primary N) is 1. The van der Waals surface area contributed by atoms with Crippen LogP contribution in [0.1, 0.15) is 41.8 Å². The molecule has 2 heterocycles. The Labute approximate surface area is 196 Å². The monoisotopic (exact) mass is 496 g/mol. The molecule has 1 fully saturated rings. The summed E-state index contributed by atoms with van der Waals surface area (Å²) in [6.07, 6.45) is 1.31. The first-order valence-electron chi connectivity index (χ1n) is 11.2. The van der Waals surface area contributed by atoms with Gasteiger partial charge in [0.15, 0.2) is 11.6 Å². The maximum Gasteiger partial charge on any atom is 0.224 e. The Morgan fingerprint density at radius 2 is 1.91 bits per heavy atom. The summed E-state index contributed by atoms with van der Waals surface area (Å²) in [5, 5.41) is -0.382. The van der Waals surface area contributed by atoms with Crippen LogP contribution in [0, 0.1) is 24.4 Å². The largest absolute Gasteiger partial charge is 0.334 e.